The predicted molar refractivity (Wildman–Crippen MR) is 478 cm³/mol. The molecule has 6 saturated heterocycles. The number of nitrogen functional groups attached to an aromatic ring is 1. The first kappa shape index (κ1) is 114. The number of aliphatic hydroxyl groups excluding tert-OH is 12. The summed E-state index contributed by atoms with van der Waals surface area (Å²) < 4.78 is 135. The molecule has 8 aliphatic rings. The van der Waals surface area contributed by atoms with Gasteiger partial charge in [0.2, 0.25) is 11.8 Å². The SMILES string of the molecule is COc1nc(C)nc2c1ncn2[C@@H]1O[C@H](COP(=O)(O)O)[C@@H](O)[C@H]1O.Cc1nc(Cl)c2c(n1)N([C@@H]1O[C@H](COP(=O)(O)O)[C@@H](O)[C@H]1O)CC2.Cc1nc2c(c(=O)[nH]1)CC(=O)N2[C@@H]1O[C@H](COP(=O)(O)O)[C@@H](O)[C@H]1O.Cc1nc2c(ccn2[C@@H]2O[C@H](COP(=O)(O)O)[C@@H](O)[C@H]2O)c(=O)[nH]1.Cc1nc2c(ncn2[C@@H]2O[C@H](COP(=O)(O)O)[C@@H](O)[C@H]2O)c(=O)n1C.Nc1ccnc2c1ncn2[C@@H]1O[C@H](COP(=O)(O)O)[C@@H](O)[C@H]1O. The van der Waals surface area contributed by atoms with Crippen LogP contribution in [0.3, 0.4) is 0 Å². The molecule has 68 nitrogen and oxygen atoms in total. The first-order valence-electron chi connectivity index (χ1n) is 42.3. The van der Waals surface area contributed by atoms with Crippen LogP contribution >= 0.6 is 58.5 Å². The number of amides is 1. The second kappa shape index (κ2) is 45.3. The maximum Gasteiger partial charge on any atom is 0.469 e. The van der Waals surface area contributed by atoms with Gasteiger partial charge in [0.05, 0.1) is 88.8 Å². The van der Waals surface area contributed by atoms with Gasteiger partial charge in [0.25, 0.3) is 16.7 Å². The number of nitrogens with one attached hydrogen (secondary N) is 2. The van der Waals surface area contributed by atoms with Crippen molar-refractivity contribution in [3.63, 3.8) is 0 Å². The number of carbonyl (C=O) groups excluding carboxylic acids is 1. The lowest BCUT2D eigenvalue weighted by atomic mass is 10.1. The predicted octanol–water partition coefficient (Wildman–Crippen LogP) is -8.58. The summed E-state index contributed by atoms with van der Waals surface area (Å²) in [5, 5.41) is 122. The molecular formula is C71H98ClN21O47P6. The van der Waals surface area contributed by atoms with Gasteiger partial charge in [0.1, 0.15) is 167 Å². The molecular weight excluding hydrogens is 2120 g/mol. The van der Waals surface area contributed by atoms with Crippen LogP contribution in [0.4, 0.5) is 17.3 Å². The van der Waals surface area contributed by atoms with Crippen molar-refractivity contribution in [3.8, 4) is 5.88 Å². The van der Waals surface area contributed by atoms with E-state index >= 15 is 0 Å². The van der Waals surface area contributed by atoms with E-state index < -0.39 is 245 Å². The molecule has 18 rings (SSSR count). The Morgan fingerprint density at radius 2 is 0.795 bits per heavy atom. The van der Waals surface area contributed by atoms with E-state index in [9.17, 15) is 108 Å². The summed E-state index contributed by atoms with van der Waals surface area (Å²) in [5.74, 6) is 2.09. The number of nitrogens with two attached hydrogens (primary N) is 1. The van der Waals surface area contributed by atoms with Crippen LogP contribution in [0, 0.1) is 34.6 Å². The van der Waals surface area contributed by atoms with E-state index in [2.05, 4.69) is 91.9 Å². The summed E-state index contributed by atoms with van der Waals surface area (Å²) in [4.78, 5) is 206. The van der Waals surface area contributed by atoms with Gasteiger partial charge in [0, 0.05) is 31.5 Å². The van der Waals surface area contributed by atoms with E-state index in [1.807, 2.05) is 0 Å². The highest BCUT2D eigenvalue weighted by Gasteiger charge is 2.54. The van der Waals surface area contributed by atoms with Gasteiger partial charge in [-0.2, -0.15) is 4.98 Å². The third-order valence-electron chi connectivity index (χ3n) is 22.9. The fourth-order valence-electron chi connectivity index (χ4n) is 15.9. The average Bonchev–Trinajstić information content (AvgIpc) is 1.60. The largest absolute Gasteiger partial charge is 0.479 e. The summed E-state index contributed by atoms with van der Waals surface area (Å²) in [6, 6.07) is 3.06. The summed E-state index contributed by atoms with van der Waals surface area (Å²) in [7, 11) is -25.4. The zero-order valence-corrected chi connectivity index (χ0v) is 82.2. The Morgan fingerprint density at radius 1 is 0.418 bits per heavy atom. The second-order valence-electron chi connectivity index (χ2n) is 33.0. The molecule has 0 radical (unpaired) electrons. The van der Waals surface area contributed by atoms with Crippen molar-refractivity contribution >= 4 is 126 Å². The number of phosphoric ester groups is 6. The molecule has 146 heavy (non-hydrogen) atoms. The molecule has 6 fully saturated rings. The Bertz CT molecular complexity index is 6910. The number of aliphatic hydroxyl groups is 12. The van der Waals surface area contributed by atoms with Gasteiger partial charge in [-0.25, -0.2) is 77.2 Å². The number of anilines is 3. The molecule has 0 bridgehead atoms. The Labute approximate surface area is 819 Å². The highest BCUT2D eigenvalue weighted by atomic mass is 35.5. The minimum atomic E-state index is -4.80. The molecule has 0 spiro atoms. The number of H-pyrrole nitrogens is 2. The number of aromatic nitrogens is 18. The van der Waals surface area contributed by atoms with Crippen LogP contribution in [0.1, 0.15) is 65.2 Å². The molecule has 18 heterocycles. The van der Waals surface area contributed by atoms with Crippen LogP contribution in [0.5, 0.6) is 5.88 Å². The molecule has 28 N–H and O–H groups in total. The first-order valence-corrected chi connectivity index (χ1v) is 51.9. The van der Waals surface area contributed by atoms with Crippen LogP contribution in [0.25, 0.3) is 44.5 Å². The van der Waals surface area contributed by atoms with Gasteiger partial charge in [-0.15, -0.1) is 0 Å². The highest BCUT2D eigenvalue weighted by molar-refractivity contribution is 7.47. The Hall–Kier alpha value is -9.00. The fourth-order valence-corrected chi connectivity index (χ4v) is 18.3. The molecule has 1 amide bonds. The van der Waals surface area contributed by atoms with E-state index in [0.717, 1.165) is 10.5 Å². The number of imidazole rings is 3. The number of hydrogen-bond acceptors (Lipinski definition) is 48. The number of rotatable bonds is 25. The minimum Gasteiger partial charge on any atom is -0.479 e. The molecule has 8 aliphatic heterocycles. The minimum absolute atomic E-state index is 0.0130. The van der Waals surface area contributed by atoms with Crippen LogP contribution in [-0.4, -0.2) is 389 Å². The number of ether oxygens (including phenoxy) is 7. The van der Waals surface area contributed by atoms with Crippen LogP contribution in [0.2, 0.25) is 5.15 Å². The summed E-state index contributed by atoms with van der Waals surface area (Å²) in [6.07, 6.45) is -23.5. The van der Waals surface area contributed by atoms with E-state index in [0.29, 0.717) is 75.2 Å². The summed E-state index contributed by atoms with van der Waals surface area (Å²) in [6.45, 7) is 4.85. The number of nitrogens with zero attached hydrogens (tertiary/aromatic N) is 18. The van der Waals surface area contributed by atoms with E-state index in [4.69, 9.17) is 109 Å². The number of aromatic amines is 2. The number of fused-ring (bicyclic) bond motifs is 6. The van der Waals surface area contributed by atoms with Crippen molar-refractivity contribution < 1.29 is 212 Å². The molecule has 806 valence electrons. The lowest BCUT2D eigenvalue weighted by molar-refractivity contribution is -0.121. The number of pyridine rings is 1. The number of hydrogen-bond donors (Lipinski definition) is 27. The Balaban J connectivity index is 0.000000147. The lowest BCUT2D eigenvalue weighted by Gasteiger charge is -2.27. The van der Waals surface area contributed by atoms with Crippen molar-refractivity contribution in [1.29, 1.82) is 0 Å². The normalized spacial score (nSPS) is 28.3. The fraction of sp³-hybridized carbons (Fsp3) is 0.563. The van der Waals surface area contributed by atoms with Gasteiger partial charge in [-0.05, 0) is 53.2 Å². The standard InChI is InChI=1S/C12H17ClN3O7P.2C12H17N4O8P.C12H16N3O9P.C12H16N3O8P.C11H15N4O7P/c1-5-14-10(13)6-2-3-16(11(6)15-5)12-9(18)8(17)7(23-12)4-22-24(19,20)21;1-5-14-10-7(11(15-5)22-2)13-4-16(10)12-9(18)8(17)6(24-12)3-23-25(19,20)21;1-5-14-10-7(11(19)15(5)2)13-4-16(10)12-9(18)8(17)6(24-12)3-23-25(20,21)22;1-4-13-10-5(11(19)14-4)2-7(16)15(10)12-9(18)8(17)6(24-12)3-23-25(20,21)22;1-5-13-10-6(11(18)14-5)2-3-15(10)12-9(17)8(16)7(23-12)4-22-24(19,20)21;12-5-1-2-13-10-7(5)14-4-15(10)11-9(17)8(16)6(22-11)3-21-23(18,19)20/h7-9,12,17-18H,2-4H2,1H3,(H2,19,20,21);4,6,8-9,12,17-18H,3H2,1-2H3,(H2,19,20,21);4,6,8-9,12,17-18H,3H2,1-2H3,(H2,20,21,22);6,8-9,12,17-18H,2-3H2,1H3,(H,13,14,19)(H2,20,21,22);2-3,7-9,12,16-17H,4H2,1H3,(H,13,14,18)(H2,19,20,21);1-2,4,6,8-9,11,16-17H,3H2,(H2,12,13)(H2,18,19,20)/t7-,8-,9-,12-;3*6-,8-,9-,12-;7-,8-,9-,12-;6-,8-,9-,11-/m111111/s1. The third kappa shape index (κ3) is 26.2. The third-order valence-corrected chi connectivity index (χ3v) is 26.1. The van der Waals surface area contributed by atoms with Crippen molar-refractivity contribution in [1.82, 2.24) is 87.6 Å². The number of halogens is 1. The van der Waals surface area contributed by atoms with Crippen LogP contribution in [-0.2, 0) is 108 Å². The van der Waals surface area contributed by atoms with E-state index in [-0.39, 0.29) is 62.8 Å². The maximum absolute atomic E-state index is 12.3. The topological polar surface area (TPSA) is 1010 Å². The van der Waals surface area contributed by atoms with E-state index in [1.165, 1.54) is 74.3 Å². The zero-order valence-electron chi connectivity index (χ0n) is 76.1. The molecule has 0 aliphatic carbocycles. The van der Waals surface area contributed by atoms with Gasteiger partial charge >= 0.3 is 46.9 Å². The number of methoxy groups -OCH3 is 1. The molecule has 24 atom stereocenters. The number of phosphoric acid groups is 6. The first-order chi connectivity index (χ1) is 68.0. The van der Waals surface area contributed by atoms with Gasteiger partial charge in [0.15, 0.2) is 65.3 Å². The number of aryl methyl sites for hydroxylation is 5. The van der Waals surface area contributed by atoms with Crippen LogP contribution < -0.4 is 36.9 Å². The second-order valence-corrected chi connectivity index (χ2v) is 40.8. The number of carbonyl (C=O) groups is 1. The Kier molecular flexibility index (Phi) is 35.4. The Morgan fingerprint density at radius 3 is 1.24 bits per heavy atom. The van der Waals surface area contributed by atoms with E-state index in [1.54, 1.807) is 45.7 Å². The quantitative estimate of drug-likeness (QED) is 0.0187. The van der Waals surface area contributed by atoms with Gasteiger partial charge in [-0.3, -0.25) is 69.5 Å². The van der Waals surface area contributed by atoms with Crippen molar-refractivity contribution in [2.75, 3.05) is 68.8 Å². The lowest BCUT2D eigenvalue weighted by Crippen LogP contribution is -2.46. The zero-order chi connectivity index (χ0) is 107. The monoisotopic (exact) mass is 2220 g/mol. The summed E-state index contributed by atoms with van der Waals surface area (Å²) in [5.41, 5.74) is 7.66. The molecule has 10 aromatic rings. The van der Waals surface area contributed by atoms with Gasteiger partial charge in [-0.1, -0.05) is 11.6 Å². The molecule has 0 unspecified atom stereocenters. The van der Waals surface area contributed by atoms with Crippen molar-refractivity contribution in [3.05, 3.63) is 120 Å². The highest BCUT2D eigenvalue weighted by Crippen LogP contribution is 2.47. The molecule has 0 aromatic carbocycles. The smallest absolute Gasteiger partial charge is 0.469 e. The van der Waals surface area contributed by atoms with Crippen LogP contribution in [0.15, 0.2) is 57.9 Å². The molecule has 75 heteroatoms. The molecule has 0 saturated carbocycles. The van der Waals surface area contributed by atoms with Gasteiger partial charge < -0.3 is 178 Å². The summed E-state index contributed by atoms with van der Waals surface area (Å²) >= 11 is 6.10. The van der Waals surface area contributed by atoms with Crippen molar-refractivity contribution in [2.45, 2.75) is 195 Å². The molecule has 10 aromatic heterocycles. The van der Waals surface area contributed by atoms with Crippen molar-refractivity contribution in [2.24, 2.45) is 7.05 Å². The maximum atomic E-state index is 12.3. The average molecular weight is 2220 g/mol.